The van der Waals surface area contributed by atoms with Gasteiger partial charge in [0.2, 0.25) is 0 Å². The highest BCUT2D eigenvalue weighted by atomic mass is 16.5. The van der Waals surface area contributed by atoms with Crippen LogP contribution in [0.1, 0.15) is 6.92 Å². The second kappa shape index (κ2) is 8.84. The van der Waals surface area contributed by atoms with Crippen LogP contribution in [0.3, 0.4) is 0 Å². The predicted molar refractivity (Wildman–Crippen MR) is 65.8 cm³/mol. The minimum atomic E-state index is 0.508. The quantitative estimate of drug-likeness (QED) is 0.620. The van der Waals surface area contributed by atoms with Gasteiger partial charge >= 0.3 is 0 Å². The summed E-state index contributed by atoms with van der Waals surface area (Å²) in [5, 5.41) is 0. The molecule has 4 nitrogen and oxygen atoms in total. The van der Waals surface area contributed by atoms with Gasteiger partial charge in [0.15, 0.2) is 11.5 Å². The molecule has 0 spiro atoms. The van der Waals surface area contributed by atoms with Gasteiger partial charge in [-0.2, -0.15) is 0 Å². The van der Waals surface area contributed by atoms with E-state index in [4.69, 9.17) is 18.9 Å². The van der Waals surface area contributed by atoms with Gasteiger partial charge < -0.3 is 18.9 Å². The SMILES string of the molecule is CCOc1ccccc1OCCOCCOC. The molecule has 0 heterocycles. The Morgan fingerprint density at radius 1 is 0.882 bits per heavy atom. The number of ether oxygens (including phenoxy) is 4. The second-order valence-electron chi connectivity index (χ2n) is 3.33. The third-order valence-electron chi connectivity index (χ3n) is 2.07. The van der Waals surface area contributed by atoms with E-state index in [1.165, 1.54) is 0 Å². The molecule has 17 heavy (non-hydrogen) atoms. The highest BCUT2D eigenvalue weighted by Crippen LogP contribution is 2.26. The Hall–Kier alpha value is -1.26. The van der Waals surface area contributed by atoms with Gasteiger partial charge in [0.05, 0.1) is 26.4 Å². The molecule has 0 fully saturated rings. The summed E-state index contributed by atoms with van der Waals surface area (Å²) in [6, 6.07) is 7.63. The van der Waals surface area contributed by atoms with Gasteiger partial charge in [-0.05, 0) is 19.1 Å². The first kappa shape index (κ1) is 13.8. The molecule has 0 amide bonds. The zero-order valence-electron chi connectivity index (χ0n) is 10.5. The minimum Gasteiger partial charge on any atom is -0.490 e. The second-order valence-corrected chi connectivity index (χ2v) is 3.33. The summed E-state index contributed by atoms with van der Waals surface area (Å²) in [5.41, 5.74) is 0. The first-order valence-electron chi connectivity index (χ1n) is 5.79. The maximum absolute atomic E-state index is 5.58. The van der Waals surface area contributed by atoms with Crippen molar-refractivity contribution in [1.29, 1.82) is 0 Å². The number of rotatable bonds is 9. The molecule has 0 bridgehead atoms. The zero-order chi connectivity index (χ0) is 12.3. The lowest BCUT2D eigenvalue weighted by molar-refractivity contribution is 0.0539. The Morgan fingerprint density at radius 2 is 1.53 bits per heavy atom. The smallest absolute Gasteiger partial charge is 0.161 e. The van der Waals surface area contributed by atoms with Gasteiger partial charge in [0, 0.05) is 7.11 Å². The minimum absolute atomic E-state index is 0.508. The fourth-order valence-corrected chi connectivity index (χ4v) is 1.30. The Bertz CT molecular complexity index is 301. The van der Waals surface area contributed by atoms with Gasteiger partial charge in [0.25, 0.3) is 0 Å². The average Bonchev–Trinajstić information content (AvgIpc) is 2.36. The van der Waals surface area contributed by atoms with Crippen LogP contribution in [0.4, 0.5) is 0 Å². The Morgan fingerprint density at radius 3 is 2.18 bits per heavy atom. The third kappa shape index (κ3) is 5.56. The fourth-order valence-electron chi connectivity index (χ4n) is 1.30. The predicted octanol–water partition coefficient (Wildman–Crippen LogP) is 2.13. The molecule has 1 rings (SSSR count). The molecule has 96 valence electrons. The first-order chi connectivity index (χ1) is 8.38. The van der Waals surface area contributed by atoms with Crippen LogP contribution < -0.4 is 9.47 Å². The molecule has 0 unspecified atom stereocenters. The standard InChI is InChI=1S/C13H20O4/c1-3-16-12-6-4-5-7-13(12)17-11-10-15-9-8-14-2/h4-7H,3,8-11H2,1-2H3. The Kier molecular flexibility index (Phi) is 7.18. The summed E-state index contributed by atoms with van der Waals surface area (Å²) in [6.07, 6.45) is 0. The van der Waals surface area contributed by atoms with Crippen molar-refractivity contribution in [2.45, 2.75) is 6.92 Å². The van der Waals surface area contributed by atoms with Crippen LogP contribution in [-0.2, 0) is 9.47 Å². The lowest BCUT2D eigenvalue weighted by Gasteiger charge is -2.11. The van der Waals surface area contributed by atoms with Crippen molar-refractivity contribution in [2.24, 2.45) is 0 Å². The molecule has 1 aromatic rings. The van der Waals surface area contributed by atoms with Crippen molar-refractivity contribution in [3.8, 4) is 11.5 Å². The topological polar surface area (TPSA) is 36.9 Å². The van der Waals surface area contributed by atoms with E-state index in [2.05, 4.69) is 0 Å². The molecule has 0 atom stereocenters. The monoisotopic (exact) mass is 240 g/mol. The van der Waals surface area contributed by atoms with Crippen LogP contribution in [0.5, 0.6) is 11.5 Å². The molecule has 0 aliphatic rings. The molecular formula is C13H20O4. The number of methoxy groups -OCH3 is 1. The number of benzene rings is 1. The van der Waals surface area contributed by atoms with Crippen LogP contribution in [-0.4, -0.2) is 40.1 Å². The van der Waals surface area contributed by atoms with E-state index in [0.717, 1.165) is 11.5 Å². The summed E-state index contributed by atoms with van der Waals surface area (Å²) >= 11 is 0. The van der Waals surface area contributed by atoms with Crippen molar-refractivity contribution in [3.05, 3.63) is 24.3 Å². The van der Waals surface area contributed by atoms with Gasteiger partial charge in [0.1, 0.15) is 6.61 Å². The first-order valence-corrected chi connectivity index (χ1v) is 5.79. The number of hydrogen-bond acceptors (Lipinski definition) is 4. The third-order valence-corrected chi connectivity index (χ3v) is 2.07. The van der Waals surface area contributed by atoms with Crippen LogP contribution >= 0.6 is 0 Å². The lowest BCUT2D eigenvalue weighted by Crippen LogP contribution is -2.10. The van der Waals surface area contributed by atoms with E-state index in [0.29, 0.717) is 33.0 Å². The molecule has 1 aromatic carbocycles. The summed E-state index contributed by atoms with van der Waals surface area (Å²) in [4.78, 5) is 0. The van der Waals surface area contributed by atoms with E-state index in [1.807, 2.05) is 31.2 Å². The Labute approximate surface area is 102 Å². The fraction of sp³-hybridized carbons (Fsp3) is 0.538. The molecular weight excluding hydrogens is 220 g/mol. The summed E-state index contributed by atoms with van der Waals surface area (Å²) in [7, 11) is 1.65. The van der Waals surface area contributed by atoms with Crippen molar-refractivity contribution in [1.82, 2.24) is 0 Å². The van der Waals surface area contributed by atoms with Gasteiger partial charge in [-0.15, -0.1) is 0 Å². The molecule has 4 heteroatoms. The van der Waals surface area contributed by atoms with Crippen LogP contribution in [0.15, 0.2) is 24.3 Å². The van der Waals surface area contributed by atoms with E-state index < -0.39 is 0 Å². The normalized spacial score (nSPS) is 10.2. The van der Waals surface area contributed by atoms with Gasteiger partial charge in [-0.1, -0.05) is 12.1 Å². The maximum Gasteiger partial charge on any atom is 0.161 e. The summed E-state index contributed by atoms with van der Waals surface area (Å²) in [5.74, 6) is 1.52. The average molecular weight is 240 g/mol. The van der Waals surface area contributed by atoms with E-state index >= 15 is 0 Å². The molecule has 0 aliphatic carbocycles. The number of para-hydroxylation sites is 2. The maximum atomic E-state index is 5.58. The van der Waals surface area contributed by atoms with Crippen LogP contribution in [0, 0.1) is 0 Å². The van der Waals surface area contributed by atoms with E-state index in [1.54, 1.807) is 7.11 Å². The van der Waals surface area contributed by atoms with Crippen molar-refractivity contribution in [3.63, 3.8) is 0 Å². The molecule has 0 saturated carbocycles. The van der Waals surface area contributed by atoms with Crippen LogP contribution in [0.2, 0.25) is 0 Å². The molecule has 0 radical (unpaired) electrons. The number of hydrogen-bond donors (Lipinski definition) is 0. The summed E-state index contributed by atoms with van der Waals surface area (Å²) in [6.45, 7) is 4.83. The molecule has 0 aliphatic heterocycles. The van der Waals surface area contributed by atoms with Crippen molar-refractivity contribution in [2.75, 3.05) is 40.1 Å². The lowest BCUT2D eigenvalue weighted by atomic mass is 10.3. The largest absolute Gasteiger partial charge is 0.490 e. The van der Waals surface area contributed by atoms with E-state index in [-0.39, 0.29) is 0 Å². The molecule has 0 aromatic heterocycles. The van der Waals surface area contributed by atoms with E-state index in [9.17, 15) is 0 Å². The highest BCUT2D eigenvalue weighted by molar-refractivity contribution is 5.39. The zero-order valence-corrected chi connectivity index (χ0v) is 10.5. The highest BCUT2D eigenvalue weighted by Gasteiger charge is 2.02. The van der Waals surface area contributed by atoms with Gasteiger partial charge in [-0.3, -0.25) is 0 Å². The molecule has 0 saturated heterocycles. The van der Waals surface area contributed by atoms with Crippen molar-refractivity contribution >= 4 is 0 Å². The summed E-state index contributed by atoms with van der Waals surface area (Å²) < 4.78 is 21.2. The van der Waals surface area contributed by atoms with Crippen molar-refractivity contribution < 1.29 is 18.9 Å². The molecule has 0 N–H and O–H groups in total. The van der Waals surface area contributed by atoms with Gasteiger partial charge in [-0.25, -0.2) is 0 Å². The van der Waals surface area contributed by atoms with Crippen LogP contribution in [0.25, 0.3) is 0 Å². The Balaban J connectivity index is 2.25.